The number of esters is 1. The minimum atomic E-state index is -0.658. The van der Waals surface area contributed by atoms with Crippen molar-refractivity contribution in [1.82, 2.24) is 15.1 Å². The van der Waals surface area contributed by atoms with Crippen molar-refractivity contribution in [3.63, 3.8) is 0 Å². The second-order valence-corrected chi connectivity index (χ2v) is 7.17. The number of aryl methyl sites for hydroxylation is 1. The maximum atomic E-state index is 11.9. The summed E-state index contributed by atoms with van der Waals surface area (Å²) in [5.74, 6) is -1.06. The van der Waals surface area contributed by atoms with E-state index in [4.69, 9.17) is 32.7 Å². The van der Waals surface area contributed by atoms with Gasteiger partial charge in [0.1, 0.15) is 5.15 Å². The van der Waals surface area contributed by atoms with E-state index in [2.05, 4.69) is 10.4 Å². The first-order chi connectivity index (χ1) is 13.8. The predicted octanol–water partition coefficient (Wildman–Crippen LogP) is 3.25. The molecule has 0 saturated heterocycles. The number of halogens is 2. The number of nitrogens with zero attached hydrogens (tertiary/aromatic N) is 2. The van der Waals surface area contributed by atoms with E-state index in [0.29, 0.717) is 34.6 Å². The van der Waals surface area contributed by atoms with Crippen molar-refractivity contribution in [1.29, 1.82) is 0 Å². The van der Waals surface area contributed by atoms with Crippen molar-refractivity contribution in [3.05, 3.63) is 57.3 Å². The van der Waals surface area contributed by atoms with E-state index >= 15 is 0 Å². The molecular formula is C20H23Cl2N3O4. The normalized spacial score (nSPS) is 12.2. The molecule has 1 amide bonds. The van der Waals surface area contributed by atoms with Gasteiger partial charge in [0.25, 0.3) is 5.91 Å². The van der Waals surface area contributed by atoms with E-state index in [0.717, 1.165) is 5.56 Å². The third-order valence-electron chi connectivity index (χ3n) is 3.94. The standard InChI is InChI=1S/C20H23Cl2N3O4/c1-13(11-28-3)23-18(26)12-29-19(27)9-8-16-14(2)24-25(20(16)22)10-15-6-4-5-7-17(15)21/h4-9,13H,10-12H2,1-3H3,(H,23,26). The van der Waals surface area contributed by atoms with Crippen LogP contribution in [0.15, 0.2) is 30.3 Å². The summed E-state index contributed by atoms with van der Waals surface area (Å²) in [6.07, 6.45) is 2.73. The summed E-state index contributed by atoms with van der Waals surface area (Å²) < 4.78 is 11.5. The van der Waals surface area contributed by atoms with Crippen LogP contribution >= 0.6 is 23.2 Å². The second kappa shape index (κ2) is 11.0. The van der Waals surface area contributed by atoms with Gasteiger partial charge in [-0.2, -0.15) is 5.10 Å². The van der Waals surface area contributed by atoms with Gasteiger partial charge in [-0.3, -0.25) is 4.79 Å². The van der Waals surface area contributed by atoms with Crippen LogP contribution in [0.1, 0.15) is 23.7 Å². The van der Waals surface area contributed by atoms with Gasteiger partial charge < -0.3 is 14.8 Å². The largest absolute Gasteiger partial charge is 0.452 e. The molecule has 29 heavy (non-hydrogen) atoms. The first-order valence-corrected chi connectivity index (χ1v) is 9.66. The topological polar surface area (TPSA) is 82.4 Å². The second-order valence-electron chi connectivity index (χ2n) is 6.40. The van der Waals surface area contributed by atoms with Gasteiger partial charge in [0.15, 0.2) is 6.61 Å². The predicted molar refractivity (Wildman–Crippen MR) is 112 cm³/mol. The number of nitrogens with one attached hydrogen (secondary N) is 1. The molecule has 1 heterocycles. The van der Waals surface area contributed by atoms with Crippen LogP contribution in [0.3, 0.4) is 0 Å². The molecule has 156 valence electrons. The van der Waals surface area contributed by atoms with E-state index in [1.54, 1.807) is 24.6 Å². The molecule has 1 atom stereocenters. The number of hydrogen-bond acceptors (Lipinski definition) is 5. The molecule has 2 aromatic rings. The summed E-state index contributed by atoms with van der Waals surface area (Å²) in [7, 11) is 1.54. The van der Waals surface area contributed by atoms with E-state index in [-0.39, 0.29) is 12.6 Å². The molecule has 0 radical (unpaired) electrons. The lowest BCUT2D eigenvalue weighted by molar-refractivity contribution is -0.144. The Kier molecular flexibility index (Phi) is 8.70. The summed E-state index contributed by atoms with van der Waals surface area (Å²) >= 11 is 12.6. The lowest BCUT2D eigenvalue weighted by Gasteiger charge is -2.12. The molecule has 0 spiro atoms. The summed E-state index contributed by atoms with van der Waals surface area (Å²) in [6, 6.07) is 7.24. The van der Waals surface area contributed by atoms with E-state index in [1.165, 1.54) is 19.3 Å². The lowest BCUT2D eigenvalue weighted by atomic mass is 10.2. The number of benzene rings is 1. The van der Waals surface area contributed by atoms with Gasteiger partial charge >= 0.3 is 5.97 Å². The molecule has 2 rings (SSSR count). The molecule has 0 fully saturated rings. The van der Waals surface area contributed by atoms with Crippen LogP contribution in [-0.2, 0) is 25.6 Å². The Hall–Kier alpha value is -2.35. The minimum Gasteiger partial charge on any atom is -0.452 e. The van der Waals surface area contributed by atoms with Crippen LogP contribution in [0, 0.1) is 6.92 Å². The Bertz CT molecular complexity index is 896. The Morgan fingerprint density at radius 2 is 2.03 bits per heavy atom. The Morgan fingerprint density at radius 3 is 2.72 bits per heavy atom. The first-order valence-electron chi connectivity index (χ1n) is 8.91. The van der Waals surface area contributed by atoms with Crippen molar-refractivity contribution in [3.8, 4) is 0 Å². The highest BCUT2D eigenvalue weighted by molar-refractivity contribution is 6.32. The third kappa shape index (κ3) is 6.88. The van der Waals surface area contributed by atoms with Gasteiger partial charge in [0, 0.05) is 29.8 Å². The highest BCUT2D eigenvalue weighted by Crippen LogP contribution is 2.24. The van der Waals surface area contributed by atoms with Crippen molar-refractivity contribution >= 4 is 41.2 Å². The maximum Gasteiger partial charge on any atom is 0.331 e. The zero-order chi connectivity index (χ0) is 21.4. The summed E-state index contributed by atoms with van der Waals surface area (Å²) in [4.78, 5) is 23.6. The zero-order valence-corrected chi connectivity index (χ0v) is 18.0. The van der Waals surface area contributed by atoms with Gasteiger partial charge in [-0.1, -0.05) is 41.4 Å². The summed E-state index contributed by atoms with van der Waals surface area (Å²) in [5, 5.41) is 8.04. The number of hydrogen-bond donors (Lipinski definition) is 1. The summed E-state index contributed by atoms with van der Waals surface area (Å²) in [5.41, 5.74) is 2.12. The van der Waals surface area contributed by atoms with E-state index in [9.17, 15) is 9.59 Å². The fraction of sp³-hybridized carbons (Fsp3) is 0.350. The number of carbonyl (C=O) groups is 2. The van der Waals surface area contributed by atoms with Crippen molar-refractivity contribution in [2.75, 3.05) is 20.3 Å². The van der Waals surface area contributed by atoms with Crippen LogP contribution in [-0.4, -0.2) is 48.0 Å². The van der Waals surface area contributed by atoms with Gasteiger partial charge in [-0.25, -0.2) is 9.48 Å². The van der Waals surface area contributed by atoms with Crippen molar-refractivity contribution in [2.24, 2.45) is 0 Å². The fourth-order valence-electron chi connectivity index (χ4n) is 2.59. The van der Waals surface area contributed by atoms with Crippen molar-refractivity contribution in [2.45, 2.75) is 26.4 Å². The maximum absolute atomic E-state index is 11.9. The molecule has 1 unspecified atom stereocenters. The number of methoxy groups -OCH3 is 1. The SMILES string of the molecule is COCC(C)NC(=O)COC(=O)C=Cc1c(C)nn(Cc2ccccc2Cl)c1Cl. The van der Waals surface area contributed by atoms with Crippen LogP contribution < -0.4 is 5.32 Å². The van der Waals surface area contributed by atoms with Gasteiger partial charge in [-0.15, -0.1) is 0 Å². The van der Waals surface area contributed by atoms with Gasteiger partial charge in [0.05, 0.1) is 18.8 Å². The molecule has 0 bridgehead atoms. The molecule has 1 aromatic carbocycles. The van der Waals surface area contributed by atoms with Crippen LogP contribution in [0.25, 0.3) is 6.08 Å². The molecular weight excluding hydrogens is 417 g/mol. The number of ether oxygens (including phenoxy) is 2. The van der Waals surface area contributed by atoms with Crippen LogP contribution in [0.5, 0.6) is 0 Å². The molecule has 1 N–H and O–H groups in total. The Labute approximate surface area is 179 Å². The Morgan fingerprint density at radius 1 is 1.31 bits per heavy atom. The monoisotopic (exact) mass is 439 g/mol. The molecule has 0 aliphatic carbocycles. The third-order valence-corrected chi connectivity index (χ3v) is 4.71. The average Bonchev–Trinajstić information content (AvgIpc) is 2.93. The highest BCUT2D eigenvalue weighted by Gasteiger charge is 2.14. The van der Waals surface area contributed by atoms with E-state index < -0.39 is 11.9 Å². The number of aromatic nitrogens is 2. The number of amides is 1. The first kappa shape index (κ1) is 22.9. The van der Waals surface area contributed by atoms with E-state index in [1.807, 2.05) is 18.2 Å². The van der Waals surface area contributed by atoms with Gasteiger partial charge in [0.2, 0.25) is 0 Å². The molecule has 0 saturated carbocycles. The molecule has 7 nitrogen and oxygen atoms in total. The molecule has 1 aromatic heterocycles. The smallest absolute Gasteiger partial charge is 0.331 e. The molecule has 0 aliphatic rings. The average molecular weight is 440 g/mol. The zero-order valence-electron chi connectivity index (χ0n) is 16.4. The number of rotatable bonds is 9. The van der Waals surface area contributed by atoms with Gasteiger partial charge in [-0.05, 0) is 31.6 Å². The molecule has 0 aliphatic heterocycles. The van der Waals surface area contributed by atoms with Crippen LogP contribution in [0.4, 0.5) is 0 Å². The lowest BCUT2D eigenvalue weighted by Crippen LogP contribution is -2.38. The van der Waals surface area contributed by atoms with Crippen LogP contribution in [0.2, 0.25) is 10.2 Å². The number of carbonyl (C=O) groups excluding carboxylic acids is 2. The quantitative estimate of drug-likeness (QED) is 0.478. The highest BCUT2D eigenvalue weighted by atomic mass is 35.5. The summed E-state index contributed by atoms with van der Waals surface area (Å²) in [6.45, 7) is 3.96. The Balaban J connectivity index is 1.96. The molecule has 9 heteroatoms. The minimum absolute atomic E-state index is 0.174. The fourth-order valence-corrected chi connectivity index (χ4v) is 3.09. The van der Waals surface area contributed by atoms with Crippen molar-refractivity contribution < 1.29 is 19.1 Å².